The molecule has 0 fully saturated rings. The van der Waals surface area contributed by atoms with Crippen molar-refractivity contribution in [1.29, 1.82) is 0 Å². The Morgan fingerprint density at radius 1 is 1.50 bits per heavy atom. The monoisotopic (exact) mass is 331 g/mol. The van der Waals surface area contributed by atoms with E-state index in [2.05, 4.69) is 18.3 Å². The molecule has 64 valence electrons. The molecule has 0 saturated heterocycles. The van der Waals surface area contributed by atoms with Gasteiger partial charge in [0.05, 0.1) is 0 Å². The molecule has 1 rings (SSSR count). The van der Waals surface area contributed by atoms with Crippen LogP contribution in [0.3, 0.4) is 0 Å². The quantitative estimate of drug-likeness (QED) is 0.900. The molecular formula is C9H11N2W-. The first kappa shape index (κ1) is 9.62. The van der Waals surface area contributed by atoms with Crippen LogP contribution in [0.25, 0.3) is 5.32 Å². The summed E-state index contributed by atoms with van der Waals surface area (Å²) in [6.45, 7) is 2.47. The van der Waals surface area contributed by atoms with Crippen molar-refractivity contribution in [3.05, 3.63) is 35.1 Å². The van der Waals surface area contributed by atoms with Crippen LogP contribution in [0.2, 0.25) is 0 Å². The van der Waals surface area contributed by atoms with Gasteiger partial charge in [-0.15, -0.1) is 0 Å². The van der Waals surface area contributed by atoms with Gasteiger partial charge in [-0.05, 0) is 0 Å². The predicted octanol–water partition coefficient (Wildman–Crippen LogP) is 1.70. The zero-order valence-electron chi connectivity index (χ0n) is 6.95. The van der Waals surface area contributed by atoms with Gasteiger partial charge in [0.1, 0.15) is 0 Å². The normalized spacial score (nSPS) is 9.50. The van der Waals surface area contributed by atoms with Crippen molar-refractivity contribution in [3.8, 4) is 0 Å². The van der Waals surface area contributed by atoms with Crippen LogP contribution >= 0.6 is 0 Å². The second kappa shape index (κ2) is 4.54. The van der Waals surface area contributed by atoms with E-state index < -0.39 is 0 Å². The molecule has 0 unspecified atom stereocenters. The van der Waals surface area contributed by atoms with Crippen molar-refractivity contribution in [2.24, 2.45) is 5.73 Å². The SMILES string of the molecule is C[C](=[W])c1ccccc1[N-]CN. The average molecular weight is 331 g/mol. The zero-order chi connectivity index (χ0) is 8.97. The number of rotatable bonds is 3. The van der Waals surface area contributed by atoms with Crippen LogP contribution in [0.15, 0.2) is 24.3 Å². The second-order valence-corrected chi connectivity index (χ2v) is 4.61. The summed E-state index contributed by atoms with van der Waals surface area (Å²) >= 11 is 1.48. The fourth-order valence-electron chi connectivity index (χ4n) is 1.01. The Morgan fingerprint density at radius 2 is 2.17 bits per heavy atom. The third-order valence-corrected chi connectivity index (χ3v) is 2.34. The molecule has 0 heterocycles. The Morgan fingerprint density at radius 3 is 2.75 bits per heavy atom. The van der Waals surface area contributed by atoms with Crippen molar-refractivity contribution >= 4 is 9.59 Å². The van der Waals surface area contributed by atoms with Crippen LogP contribution in [0.4, 0.5) is 5.69 Å². The van der Waals surface area contributed by atoms with E-state index in [1.807, 2.05) is 18.2 Å². The van der Waals surface area contributed by atoms with Crippen molar-refractivity contribution in [1.82, 2.24) is 0 Å². The summed E-state index contributed by atoms with van der Waals surface area (Å²) in [5.74, 6) is 0. The fraction of sp³-hybridized carbons (Fsp3) is 0.222. The molecule has 1 aromatic carbocycles. The molecule has 0 aliphatic rings. The van der Waals surface area contributed by atoms with E-state index in [1.165, 1.54) is 28.8 Å². The molecule has 2 nitrogen and oxygen atoms in total. The van der Waals surface area contributed by atoms with Gasteiger partial charge in [-0.3, -0.25) is 0 Å². The molecule has 2 N–H and O–H groups in total. The second-order valence-electron chi connectivity index (χ2n) is 2.41. The summed E-state index contributed by atoms with van der Waals surface area (Å²) < 4.78 is 1.35. The van der Waals surface area contributed by atoms with Gasteiger partial charge in [0.25, 0.3) is 0 Å². The van der Waals surface area contributed by atoms with Crippen LogP contribution < -0.4 is 5.73 Å². The van der Waals surface area contributed by atoms with E-state index in [-0.39, 0.29) is 0 Å². The Labute approximate surface area is 83.6 Å². The number of hydrogen-bond donors (Lipinski definition) is 1. The van der Waals surface area contributed by atoms with Crippen molar-refractivity contribution in [3.63, 3.8) is 0 Å². The number of benzene rings is 1. The molecule has 0 aromatic heterocycles. The van der Waals surface area contributed by atoms with Gasteiger partial charge in [-0.25, -0.2) is 0 Å². The molecule has 0 bridgehead atoms. The standard InChI is InChI=1S/C9H11N2.W/c1-2-8-5-3-4-6-9(8)11-7-10;/h3-6H,7,10H2,1H3;/q-1;. The van der Waals surface area contributed by atoms with E-state index >= 15 is 0 Å². The Bertz CT molecular complexity index is 284. The molecule has 0 saturated carbocycles. The summed E-state index contributed by atoms with van der Waals surface area (Å²) in [7, 11) is 0. The van der Waals surface area contributed by atoms with E-state index in [1.54, 1.807) is 0 Å². The first-order valence-electron chi connectivity index (χ1n) is 3.73. The zero-order valence-corrected chi connectivity index (χ0v) is 9.88. The maximum atomic E-state index is 5.36. The first-order chi connectivity index (χ1) is 5.75. The average Bonchev–Trinajstić information content (AvgIpc) is 2.05. The van der Waals surface area contributed by atoms with Gasteiger partial charge >= 0.3 is 83.4 Å². The molecule has 0 aliphatic carbocycles. The first-order valence-corrected chi connectivity index (χ1v) is 5.20. The van der Waals surface area contributed by atoms with E-state index in [9.17, 15) is 0 Å². The van der Waals surface area contributed by atoms with Gasteiger partial charge in [0, 0.05) is 0 Å². The van der Waals surface area contributed by atoms with Crippen LogP contribution in [0.5, 0.6) is 0 Å². The predicted molar refractivity (Wildman–Crippen MR) is 48.3 cm³/mol. The molecule has 0 spiro atoms. The molecule has 0 atom stereocenters. The molecule has 1 aromatic rings. The molecule has 0 radical (unpaired) electrons. The molecule has 0 amide bonds. The minimum atomic E-state index is 0.361. The third kappa shape index (κ3) is 2.26. The number of nitrogens with two attached hydrogens (primary N) is 1. The number of para-hydroxylation sites is 1. The maximum absolute atomic E-state index is 5.36. The summed E-state index contributed by atoms with van der Waals surface area (Å²) in [5, 5.41) is 4.20. The van der Waals surface area contributed by atoms with Crippen LogP contribution in [-0.2, 0) is 19.4 Å². The summed E-state index contributed by atoms with van der Waals surface area (Å²) in [4.78, 5) is 0. The van der Waals surface area contributed by atoms with E-state index in [0.717, 1.165) is 5.69 Å². The van der Waals surface area contributed by atoms with Crippen LogP contribution in [-0.4, -0.2) is 10.6 Å². The summed E-state index contributed by atoms with van der Waals surface area (Å²) in [6.07, 6.45) is 0. The van der Waals surface area contributed by atoms with Gasteiger partial charge in [-0.2, -0.15) is 0 Å². The topological polar surface area (TPSA) is 40.1 Å². The Kier molecular flexibility index (Phi) is 3.64. The van der Waals surface area contributed by atoms with Crippen molar-refractivity contribution in [2.75, 3.05) is 6.67 Å². The molecular weight excluding hydrogens is 320 g/mol. The van der Waals surface area contributed by atoms with Crippen LogP contribution in [0.1, 0.15) is 12.5 Å². The van der Waals surface area contributed by atoms with Gasteiger partial charge in [0.15, 0.2) is 0 Å². The van der Waals surface area contributed by atoms with Crippen LogP contribution in [0, 0.1) is 0 Å². The van der Waals surface area contributed by atoms with Crippen molar-refractivity contribution in [2.45, 2.75) is 6.92 Å². The third-order valence-electron chi connectivity index (χ3n) is 1.54. The fourth-order valence-corrected chi connectivity index (χ4v) is 1.63. The molecule has 0 aliphatic heterocycles. The molecule has 3 heteroatoms. The van der Waals surface area contributed by atoms with E-state index in [0.29, 0.717) is 6.67 Å². The number of nitrogens with zero attached hydrogens (tertiary/aromatic N) is 1. The van der Waals surface area contributed by atoms with Crippen molar-refractivity contribution < 1.29 is 19.4 Å². The number of hydrogen-bond acceptors (Lipinski definition) is 1. The summed E-state index contributed by atoms with van der Waals surface area (Å²) in [6, 6.07) is 8.08. The van der Waals surface area contributed by atoms with Gasteiger partial charge in [-0.1, -0.05) is 0 Å². The van der Waals surface area contributed by atoms with E-state index in [4.69, 9.17) is 5.73 Å². The minimum absolute atomic E-state index is 0.361. The summed E-state index contributed by atoms with van der Waals surface area (Å²) in [5.41, 5.74) is 7.59. The van der Waals surface area contributed by atoms with Gasteiger partial charge < -0.3 is 0 Å². The molecule has 12 heavy (non-hydrogen) atoms. The van der Waals surface area contributed by atoms with Gasteiger partial charge in [0.2, 0.25) is 0 Å². The Balaban J connectivity index is 3.00. The Hall–Kier alpha value is -0.462.